The summed E-state index contributed by atoms with van der Waals surface area (Å²) >= 11 is 6.06. The van der Waals surface area contributed by atoms with E-state index in [0.29, 0.717) is 35.1 Å². The minimum atomic E-state index is -4.39. The fraction of sp³-hybridized carbons (Fsp3) is 0.308. The third-order valence-electron chi connectivity index (χ3n) is 5.70. The molecule has 0 saturated carbocycles. The standard InChI is InChI=1S/C26H28ClF3N2O/c1-5-19-8-12-23(31-25(19)20-6-10-22(27)11-7-20)18(3)32(14-15-33-4)24-13-9-21(16-17(24)2)26(28,29)30/h6-7,9-13,16,31H,3,5,8,14-15H2,1-2,4H3. The van der Waals surface area contributed by atoms with Crippen molar-refractivity contribution in [2.45, 2.75) is 32.9 Å². The predicted octanol–water partition coefficient (Wildman–Crippen LogP) is 7.33. The molecule has 2 aromatic carbocycles. The molecule has 33 heavy (non-hydrogen) atoms. The Morgan fingerprint density at radius 3 is 2.45 bits per heavy atom. The first kappa shape index (κ1) is 24.9. The lowest BCUT2D eigenvalue weighted by molar-refractivity contribution is -0.137. The first-order valence-electron chi connectivity index (χ1n) is 10.7. The molecule has 176 valence electrons. The van der Waals surface area contributed by atoms with E-state index in [2.05, 4.69) is 24.9 Å². The Kier molecular flexibility index (Phi) is 7.92. The summed E-state index contributed by atoms with van der Waals surface area (Å²) in [7, 11) is 1.59. The lowest BCUT2D eigenvalue weighted by Gasteiger charge is -2.32. The molecule has 0 spiro atoms. The van der Waals surface area contributed by atoms with Crippen LogP contribution in [-0.4, -0.2) is 20.3 Å². The second kappa shape index (κ2) is 10.5. The van der Waals surface area contributed by atoms with Crippen molar-refractivity contribution in [2.75, 3.05) is 25.2 Å². The summed E-state index contributed by atoms with van der Waals surface area (Å²) in [6.07, 6.45) is -0.688. The highest BCUT2D eigenvalue weighted by atomic mass is 35.5. The van der Waals surface area contributed by atoms with Gasteiger partial charge in [0.15, 0.2) is 0 Å². The number of alkyl halides is 3. The zero-order valence-corrected chi connectivity index (χ0v) is 19.8. The van der Waals surface area contributed by atoms with Crippen molar-refractivity contribution < 1.29 is 17.9 Å². The number of anilines is 1. The molecule has 7 heteroatoms. The number of ether oxygens (including phenoxy) is 1. The summed E-state index contributed by atoms with van der Waals surface area (Å²) in [5.41, 5.74) is 5.25. The van der Waals surface area contributed by atoms with E-state index in [1.54, 1.807) is 14.0 Å². The van der Waals surface area contributed by atoms with Crippen LogP contribution in [0.5, 0.6) is 0 Å². The Balaban J connectivity index is 1.93. The highest BCUT2D eigenvalue weighted by Crippen LogP contribution is 2.35. The number of benzene rings is 2. The van der Waals surface area contributed by atoms with Gasteiger partial charge in [-0.3, -0.25) is 0 Å². The fourth-order valence-corrected chi connectivity index (χ4v) is 3.99. The Labute approximate surface area is 198 Å². The first-order valence-corrected chi connectivity index (χ1v) is 11.1. The predicted molar refractivity (Wildman–Crippen MR) is 129 cm³/mol. The highest BCUT2D eigenvalue weighted by molar-refractivity contribution is 6.30. The van der Waals surface area contributed by atoms with Crippen molar-refractivity contribution in [3.05, 3.63) is 93.8 Å². The molecule has 3 rings (SSSR count). The second-order valence-corrected chi connectivity index (χ2v) is 8.31. The van der Waals surface area contributed by atoms with E-state index in [1.807, 2.05) is 29.2 Å². The summed E-state index contributed by atoms with van der Waals surface area (Å²) in [6.45, 7) is 8.91. The smallest absolute Gasteiger partial charge is 0.383 e. The minimum absolute atomic E-state index is 0.396. The van der Waals surface area contributed by atoms with Gasteiger partial charge in [0.2, 0.25) is 0 Å². The number of halogens is 4. The van der Waals surface area contributed by atoms with E-state index in [0.717, 1.165) is 35.9 Å². The van der Waals surface area contributed by atoms with Crippen LogP contribution in [0.2, 0.25) is 5.02 Å². The second-order valence-electron chi connectivity index (χ2n) is 7.88. The molecule has 2 aromatic rings. The van der Waals surface area contributed by atoms with Crippen molar-refractivity contribution in [1.82, 2.24) is 5.32 Å². The molecule has 0 amide bonds. The van der Waals surface area contributed by atoms with Crippen molar-refractivity contribution in [1.29, 1.82) is 0 Å². The average molecular weight is 477 g/mol. The monoisotopic (exact) mass is 476 g/mol. The Hall–Kier alpha value is -2.70. The van der Waals surface area contributed by atoms with Gasteiger partial charge in [0.1, 0.15) is 0 Å². The Morgan fingerprint density at radius 2 is 1.88 bits per heavy atom. The van der Waals surface area contributed by atoms with Gasteiger partial charge in [-0.25, -0.2) is 0 Å². The van der Waals surface area contributed by atoms with Crippen molar-refractivity contribution in [2.24, 2.45) is 0 Å². The molecule has 3 nitrogen and oxygen atoms in total. The molecule has 0 radical (unpaired) electrons. The molecule has 1 aliphatic rings. The summed E-state index contributed by atoms with van der Waals surface area (Å²) < 4.78 is 44.8. The van der Waals surface area contributed by atoms with Crippen LogP contribution in [0.15, 0.2) is 72.1 Å². The van der Waals surface area contributed by atoms with Crippen LogP contribution in [0.4, 0.5) is 18.9 Å². The van der Waals surface area contributed by atoms with Crippen molar-refractivity contribution >= 4 is 23.0 Å². The van der Waals surface area contributed by atoms with Gasteiger partial charge < -0.3 is 15.0 Å². The molecule has 0 aromatic heterocycles. The number of hydrogen-bond acceptors (Lipinski definition) is 3. The zero-order valence-electron chi connectivity index (χ0n) is 19.0. The molecular weight excluding hydrogens is 449 g/mol. The average Bonchev–Trinajstić information content (AvgIpc) is 2.79. The normalized spacial score (nSPS) is 14.1. The number of hydrogen-bond donors (Lipinski definition) is 1. The molecule has 1 heterocycles. The zero-order chi connectivity index (χ0) is 24.2. The van der Waals surface area contributed by atoms with E-state index < -0.39 is 11.7 Å². The van der Waals surface area contributed by atoms with Crippen LogP contribution in [0.3, 0.4) is 0 Å². The van der Waals surface area contributed by atoms with E-state index in [-0.39, 0.29) is 0 Å². The van der Waals surface area contributed by atoms with E-state index in [4.69, 9.17) is 16.3 Å². The van der Waals surface area contributed by atoms with Crippen molar-refractivity contribution in [3.8, 4) is 0 Å². The molecule has 1 N–H and O–H groups in total. The van der Waals surface area contributed by atoms with Crippen LogP contribution in [0.1, 0.15) is 36.5 Å². The van der Waals surface area contributed by atoms with Crippen molar-refractivity contribution in [3.63, 3.8) is 0 Å². The molecule has 0 saturated heterocycles. The van der Waals surface area contributed by atoms with Gasteiger partial charge >= 0.3 is 6.18 Å². The van der Waals surface area contributed by atoms with Crippen LogP contribution in [0.25, 0.3) is 5.70 Å². The van der Waals surface area contributed by atoms with Gasteiger partial charge in [0, 0.05) is 30.1 Å². The minimum Gasteiger partial charge on any atom is -0.383 e. The third kappa shape index (κ3) is 5.81. The lowest BCUT2D eigenvalue weighted by atomic mass is 9.97. The van der Waals surface area contributed by atoms with Crippen LogP contribution in [0, 0.1) is 6.92 Å². The summed E-state index contributed by atoms with van der Waals surface area (Å²) in [4.78, 5) is 1.90. The number of nitrogens with zero attached hydrogens (tertiary/aromatic N) is 1. The Morgan fingerprint density at radius 1 is 1.18 bits per heavy atom. The van der Waals surface area contributed by atoms with Crippen LogP contribution >= 0.6 is 11.6 Å². The highest BCUT2D eigenvalue weighted by Gasteiger charge is 2.31. The number of allylic oxidation sites excluding steroid dienone is 2. The summed E-state index contributed by atoms with van der Waals surface area (Å²) in [5.74, 6) is 0. The molecule has 1 aliphatic heterocycles. The maximum atomic E-state index is 13.2. The van der Waals surface area contributed by atoms with Gasteiger partial charge in [0.05, 0.1) is 23.6 Å². The number of aryl methyl sites for hydroxylation is 1. The van der Waals surface area contributed by atoms with E-state index in [1.165, 1.54) is 17.7 Å². The third-order valence-corrected chi connectivity index (χ3v) is 5.95. The number of nitrogens with one attached hydrogen (secondary N) is 1. The quantitative estimate of drug-likeness (QED) is 0.431. The molecule has 0 unspecified atom stereocenters. The number of rotatable bonds is 8. The lowest BCUT2D eigenvalue weighted by Crippen LogP contribution is -2.32. The largest absolute Gasteiger partial charge is 0.416 e. The maximum Gasteiger partial charge on any atom is 0.416 e. The SMILES string of the molecule is C=C(C1=CCC(CC)=C(c2ccc(Cl)cc2)N1)N(CCOC)c1ccc(C(F)(F)F)cc1C. The Bertz CT molecular complexity index is 1070. The number of dihydropyridines is 1. The van der Waals surface area contributed by atoms with Crippen LogP contribution in [-0.2, 0) is 10.9 Å². The number of methoxy groups -OCH3 is 1. The summed E-state index contributed by atoms with van der Waals surface area (Å²) in [6, 6.07) is 11.4. The van der Waals surface area contributed by atoms with Gasteiger partial charge in [0.25, 0.3) is 0 Å². The van der Waals surface area contributed by atoms with E-state index in [9.17, 15) is 13.2 Å². The van der Waals surface area contributed by atoms with Crippen LogP contribution < -0.4 is 10.2 Å². The first-order chi connectivity index (χ1) is 15.7. The summed E-state index contributed by atoms with van der Waals surface area (Å²) in [5, 5.41) is 4.17. The maximum absolute atomic E-state index is 13.2. The molecule has 0 atom stereocenters. The molecule has 0 fully saturated rings. The topological polar surface area (TPSA) is 24.5 Å². The fourth-order valence-electron chi connectivity index (χ4n) is 3.87. The van der Waals surface area contributed by atoms with Gasteiger partial charge in [-0.05, 0) is 66.8 Å². The molecule has 0 bridgehead atoms. The van der Waals surface area contributed by atoms with Gasteiger partial charge in [-0.2, -0.15) is 13.2 Å². The van der Waals surface area contributed by atoms with Gasteiger partial charge in [-0.15, -0.1) is 0 Å². The van der Waals surface area contributed by atoms with E-state index >= 15 is 0 Å². The molecular formula is C26H28ClF3N2O. The molecule has 0 aliphatic carbocycles. The van der Waals surface area contributed by atoms with Gasteiger partial charge in [-0.1, -0.05) is 43.3 Å².